The van der Waals surface area contributed by atoms with Crippen molar-refractivity contribution >= 4 is 5.82 Å². The van der Waals surface area contributed by atoms with Crippen LogP contribution in [0.15, 0.2) is 42.6 Å². The third-order valence-corrected chi connectivity index (χ3v) is 3.88. The molecule has 0 aliphatic carbocycles. The van der Waals surface area contributed by atoms with Gasteiger partial charge in [-0.1, -0.05) is 12.1 Å². The summed E-state index contributed by atoms with van der Waals surface area (Å²) in [7, 11) is 0. The zero-order chi connectivity index (χ0) is 14.3. The summed E-state index contributed by atoms with van der Waals surface area (Å²) < 4.78 is 0. The van der Waals surface area contributed by atoms with E-state index in [1.807, 2.05) is 24.4 Å². The molecule has 21 heavy (non-hydrogen) atoms. The number of nitrogens with zero attached hydrogens (tertiary/aromatic N) is 2. The lowest BCUT2D eigenvalue weighted by Gasteiger charge is -2.10. The molecule has 0 bridgehead atoms. The maximum Gasteiger partial charge on any atom is 0.126 e. The summed E-state index contributed by atoms with van der Waals surface area (Å²) >= 11 is 0. The number of hydrogen-bond acceptors (Lipinski definition) is 4. The maximum atomic E-state index is 4.71. The van der Waals surface area contributed by atoms with Gasteiger partial charge in [-0.25, -0.2) is 4.98 Å². The first kappa shape index (κ1) is 14.0. The lowest BCUT2D eigenvalue weighted by molar-refractivity contribution is 0.572. The second kappa shape index (κ2) is 7.18. The van der Waals surface area contributed by atoms with Crippen LogP contribution < -0.4 is 10.6 Å². The van der Waals surface area contributed by atoms with Crippen LogP contribution in [0.5, 0.6) is 0 Å². The Morgan fingerprint density at radius 2 is 2.10 bits per heavy atom. The average molecular weight is 282 g/mol. The van der Waals surface area contributed by atoms with Crippen molar-refractivity contribution in [3.8, 4) is 0 Å². The molecular weight excluding hydrogens is 260 g/mol. The summed E-state index contributed by atoms with van der Waals surface area (Å²) in [6, 6.07) is 12.3. The van der Waals surface area contributed by atoms with Crippen LogP contribution in [0.3, 0.4) is 0 Å². The molecule has 4 nitrogen and oxygen atoms in total. The summed E-state index contributed by atoms with van der Waals surface area (Å²) in [6.07, 6.45) is 5.09. The predicted molar refractivity (Wildman–Crippen MR) is 85.3 cm³/mol. The highest BCUT2D eigenvalue weighted by Crippen LogP contribution is 2.15. The van der Waals surface area contributed by atoms with E-state index in [0.717, 1.165) is 49.9 Å². The first-order chi connectivity index (χ1) is 10.4. The third kappa shape index (κ3) is 4.26. The van der Waals surface area contributed by atoms with Gasteiger partial charge in [-0.3, -0.25) is 4.98 Å². The highest BCUT2D eigenvalue weighted by atomic mass is 15.0. The number of aromatic nitrogens is 2. The fraction of sp³-hybridized carbons (Fsp3) is 0.412. The van der Waals surface area contributed by atoms with Crippen LogP contribution in [0.1, 0.15) is 17.8 Å². The zero-order valence-corrected chi connectivity index (χ0v) is 12.3. The molecule has 2 aromatic heterocycles. The summed E-state index contributed by atoms with van der Waals surface area (Å²) in [5, 5.41) is 6.80. The van der Waals surface area contributed by atoms with Crippen molar-refractivity contribution in [2.75, 3.05) is 25.0 Å². The number of rotatable bonds is 6. The molecule has 2 N–H and O–H groups in total. The van der Waals surface area contributed by atoms with E-state index in [4.69, 9.17) is 4.98 Å². The van der Waals surface area contributed by atoms with Crippen molar-refractivity contribution in [3.05, 3.63) is 54.0 Å². The lowest BCUT2D eigenvalue weighted by atomic mass is 10.0. The highest BCUT2D eigenvalue weighted by Gasteiger charge is 2.15. The smallest absolute Gasteiger partial charge is 0.126 e. The Morgan fingerprint density at radius 1 is 1.14 bits per heavy atom. The maximum absolute atomic E-state index is 4.71. The summed E-state index contributed by atoms with van der Waals surface area (Å²) in [6.45, 7) is 3.13. The SMILES string of the molecule is c1ccc(CCNc2cccc(C[C@@H]3CCNC3)n2)nc1. The topological polar surface area (TPSA) is 49.8 Å². The van der Waals surface area contributed by atoms with Gasteiger partial charge in [-0.2, -0.15) is 0 Å². The lowest BCUT2D eigenvalue weighted by Crippen LogP contribution is -2.12. The standard InChI is InChI=1S/C17H22N4/c1-2-9-19-15(4-1)8-11-20-17-6-3-5-16(21-17)12-14-7-10-18-13-14/h1-6,9,14,18H,7-8,10-13H2,(H,20,21)/t14-/m0/s1. The Balaban J connectivity index is 1.51. The van der Waals surface area contributed by atoms with E-state index in [-0.39, 0.29) is 0 Å². The van der Waals surface area contributed by atoms with Crippen LogP contribution >= 0.6 is 0 Å². The fourth-order valence-electron chi connectivity index (χ4n) is 2.74. The second-order valence-corrected chi connectivity index (χ2v) is 5.57. The van der Waals surface area contributed by atoms with Gasteiger partial charge in [-0.15, -0.1) is 0 Å². The molecule has 4 heteroatoms. The summed E-state index contributed by atoms with van der Waals surface area (Å²) in [4.78, 5) is 9.04. The van der Waals surface area contributed by atoms with Crippen molar-refractivity contribution in [1.82, 2.24) is 15.3 Å². The molecular formula is C17H22N4. The molecule has 0 amide bonds. The first-order valence-electron chi connectivity index (χ1n) is 7.70. The van der Waals surface area contributed by atoms with Crippen molar-refractivity contribution in [2.45, 2.75) is 19.3 Å². The Hall–Kier alpha value is -1.94. The zero-order valence-electron chi connectivity index (χ0n) is 12.3. The van der Waals surface area contributed by atoms with Crippen molar-refractivity contribution in [1.29, 1.82) is 0 Å². The van der Waals surface area contributed by atoms with Gasteiger partial charge in [0.15, 0.2) is 0 Å². The van der Waals surface area contributed by atoms with Crippen LogP contribution in [-0.4, -0.2) is 29.6 Å². The van der Waals surface area contributed by atoms with Crippen molar-refractivity contribution in [2.24, 2.45) is 5.92 Å². The number of pyridine rings is 2. The molecule has 1 saturated heterocycles. The molecule has 0 saturated carbocycles. The Labute approximate surface area is 126 Å². The monoisotopic (exact) mass is 282 g/mol. The summed E-state index contributed by atoms with van der Waals surface area (Å²) in [5.41, 5.74) is 2.30. The minimum atomic E-state index is 0.737. The highest BCUT2D eigenvalue weighted by molar-refractivity contribution is 5.35. The third-order valence-electron chi connectivity index (χ3n) is 3.88. The van der Waals surface area contributed by atoms with Crippen LogP contribution in [0, 0.1) is 5.92 Å². The minimum Gasteiger partial charge on any atom is -0.370 e. The number of hydrogen-bond donors (Lipinski definition) is 2. The van der Waals surface area contributed by atoms with E-state index in [0.29, 0.717) is 0 Å². The van der Waals surface area contributed by atoms with Gasteiger partial charge in [-0.05, 0) is 56.1 Å². The normalized spacial score (nSPS) is 17.8. The van der Waals surface area contributed by atoms with Crippen LogP contribution in [0.25, 0.3) is 0 Å². The number of nitrogens with one attached hydrogen (secondary N) is 2. The molecule has 0 unspecified atom stereocenters. The molecule has 3 heterocycles. The van der Waals surface area contributed by atoms with Gasteiger partial charge in [0.25, 0.3) is 0 Å². The van der Waals surface area contributed by atoms with E-state index in [9.17, 15) is 0 Å². The predicted octanol–water partition coefficient (Wildman–Crippen LogP) is 2.28. The molecule has 0 aromatic carbocycles. The molecule has 1 fully saturated rings. The van der Waals surface area contributed by atoms with Gasteiger partial charge >= 0.3 is 0 Å². The van der Waals surface area contributed by atoms with E-state index >= 15 is 0 Å². The molecule has 110 valence electrons. The van der Waals surface area contributed by atoms with Gasteiger partial charge in [0.05, 0.1) is 0 Å². The Morgan fingerprint density at radius 3 is 2.90 bits per heavy atom. The number of anilines is 1. The quantitative estimate of drug-likeness (QED) is 0.853. The molecule has 1 aliphatic heterocycles. The van der Waals surface area contributed by atoms with Crippen molar-refractivity contribution in [3.63, 3.8) is 0 Å². The minimum absolute atomic E-state index is 0.737. The van der Waals surface area contributed by atoms with Crippen LogP contribution in [0.2, 0.25) is 0 Å². The van der Waals surface area contributed by atoms with Crippen LogP contribution in [0.4, 0.5) is 5.82 Å². The first-order valence-corrected chi connectivity index (χ1v) is 7.70. The molecule has 1 atom stereocenters. The molecule has 3 rings (SSSR count). The Bertz CT molecular complexity index is 550. The average Bonchev–Trinajstić information content (AvgIpc) is 3.02. The van der Waals surface area contributed by atoms with E-state index in [1.54, 1.807) is 0 Å². The van der Waals surface area contributed by atoms with Gasteiger partial charge in [0.1, 0.15) is 5.82 Å². The molecule has 0 spiro atoms. The van der Waals surface area contributed by atoms with E-state index in [2.05, 4.69) is 33.8 Å². The van der Waals surface area contributed by atoms with Crippen LogP contribution in [-0.2, 0) is 12.8 Å². The van der Waals surface area contributed by atoms with Gasteiger partial charge in [0, 0.05) is 30.6 Å². The van der Waals surface area contributed by atoms with Gasteiger partial charge < -0.3 is 10.6 Å². The summed E-state index contributed by atoms with van der Waals surface area (Å²) in [5.74, 6) is 1.70. The molecule has 0 radical (unpaired) electrons. The van der Waals surface area contributed by atoms with E-state index < -0.39 is 0 Å². The van der Waals surface area contributed by atoms with Gasteiger partial charge in [0.2, 0.25) is 0 Å². The molecule has 2 aromatic rings. The fourth-order valence-corrected chi connectivity index (χ4v) is 2.74. The van der Waals surface area contributed by atoms with E-state index in [1.165, 1.54) is 12.1 Å². The van der Waals surface area contributed by atoms with Crippen molar-refractivity contribution < 1.29 is 0 Å². The molecule has 1 aliphatic rings. The second-order valence-electron chi connectivity index (χ2n) is 5.57. The largest absolute Gasteiger partial charge is 0.370 e. The Kier molecular flexibility index (Phi) is 4.79.